The summed E-state index contributed by atoms with van der Waals surface area (Å²) in [6.45, 7) is 7.52. The maximum Gasteiger partial charge on any atom is 0.267 e. The number of carbonyl (C=O) groups excluding carboxylic acids is 1. The monoisotopic (exact) mass is 466 g/mol. The molecule has 0 saturated carbocycles. The summed E-state index contributed by atoms with van der Waals surface area (Å²) in [5.74, 6) is -0.222. The Hall–Kier alpha value is -2.63. The van der Waals surface area contributed by atoms with Crippen LogP contribution < -0.4 is 10.9 Å². The van der Waals surface area contributed by atoms with Crippen molar-refractivity contribution in [1.82, 2.24) is 14.9 Å². The van der Waals surface area contributed by atoms with Crippen LogP contribution in [0.5, 0.6) is 0 Å². The molecule has 32 heavy (non-hydrogen) atoms. The van der Waals surface area contributed by atoms with Crippen molar-refractivity contribution in [2.75, 3.05) is 5.75 Å². The highest BCUT2D eigenvalue weighted by Crippen LogP contribution is 2.36. The van der Waals surface area contributed by atoms with E-state index in [9.17, 15) is 14.9 Å². The Bertz CT molecular complexity index is 1280. The predicted molar refractivity (Wildman–Crippen MR) is 130 cm³/mol. The first-order chi connectivity index (χ1) is 15.2. The summed E-state index contributed by atoms with van der Waals surface area (Å²) < 4.78 is 1.62. The van der Waals surface area contributed by atoms with E-state index in [-0.39, 0.29) is 23.1 Å². The first kappa shape index (κ1) is 22.6. The first-order valence-electron chi connectivity index (χ1n) is 10.7. The predicted octanol–water partition coefficient (Wildman–Crippen LogP) is 4.39. The Kier molecular flexibility index (Phi) is 6.15. The molecule has 0 bridgehead atoms. The standard InChI is InChI=1S/C24H26N4O2S2/c1-14(2)24(4,13-25)27-19(29)12-31-23-26-21-20(17-6-5-7-18(17)32-21)22(30)28(23)16-10-8-15(3)9-11-16/h8-11,14H,5-7,12H2,1-4H3,(H,27,29). The fourth-order valence-corrected chi connectivity index (χ4v) is 5.92. The summed E-state index contributed by atoms with van der Waals surface area (Å²) in [6.07, 6.45) is 2.98. The van der Waals surface area contributed by atoms with Crippen molar-refractivity contribution >= 4 is 39.2 Å². The van der Waals surface area contributed by atoms with Crippen molar-refractivity contribution in [3.63, 3.8) is 0 Å². The van der Waals surface area contributed by atoms with E-state index in [1.807, 2.05) is 45.0 Å². The topological polar surface area (TPSA) is 87.8 Å². The average molecular weight is 467 g/mol. The molecule has 0 radical (unpaired) electrons. The molecular formula is C24H26N4O2S2. The lowest BCUT2D eigenvalue weighted by Gasteiger charge is -2.27. The van der Waals surface area contributed by atoms with Crippen LogP contribution in [0.3, 0.4) is 0 Å². The number of hydrogen-bond acceptors (Lipinski definition) is 6. The van der Waals surface area contributed by atoms with Crippen LogP contribution in [0.2, 0.25) is 0 Å². The number of carbonyl (C=O) groups is 1. The Morgan fingerprint density at radius 2 is 2.06 bits per heavy atom. The van der Waals surface area contributed by atoms with E-state index in [2.05, 4.69) is 11.4 Å². The Balaban J connectivity index is 1.73. The second-order valence-corrected chi connectivity index (χ2v) is 10.7. The molecule has 1 aliphatic rings. The van der Waals surface area contributed by atoms with E-state index < -0.39 is 5.54 Å². The second-order valence-electron chi connectivity index (χ2n) is 8.71. The molecule has 4 rings (SSSR count). The number of fused-ring (bicyclic) bond motifs is 3. The van der Waals surface area contributed by atoms with Gasteiger partial charge in [0.15, 0.2) is 5.16 Å². The van der Waals surface area contributed by atoms with Crippen molar-refractivity contribution in [2.45, 2.75) is 57.7 Å². The number of nitrogens with zero attached hydrogens (tertiary/aromatic N) is 3. The summed E-state index contributed by atoms with van der Waals surface area (Å²) in [7, 11) is 0. The first-order valence-corrected chi connectivity index (χ1v) is 12.5. The Morgan fingerprint density at radius 3 is 2.72 bits per heavy atom. The van der Waals surface area contributed by atoms with E-state index >= 15 is 0 Å². The van der Waals surface area contributed by atoms with Crippen LogP contribution in [0.1, 0.15) is 43.2 Å². The van der Waals surface area contributed by atoms with Gasteiger partial charge in [0.1, 0.15) is 10.4 Å². The molecule has 2 aromatic heterocycles. The average Bonchev–Trinajstić information content (AvgIpc) is 3.34. The van der Waals surface area contributed by atoms with Crippen molar-refractivity contribution in [2.24, 2.45) is 5.92 Å². The second kappa shape index (κ2) is 8.72. The number of hydrogen-bond donors (Lipinski definition) is 1. The van der Waals surface area contributed by atoms with Gasteiger partial charge in [-0.3, -0.25) is 14.2 Å². The maximum atomic E-state index is 13.6. The van der Waals surface area contributed by atoms with Gasteiger partial charge in [-0.15, -0.1) is 11.3 Å². The number of rotatable bonds is 6. The van der Waals surface area contributed by atoms with Crippen molar-refractivity contribution in [3.8, 4) is 11.8 Å². The van der Waals surface area contributed by atoms with Crippen LogP contribution in [-0.4, -0.2) is 26.8 Å². The van der Waals surface area contributed by atoms with Crippen molar-refractivity contribution in [3.05, 3.63) is 50.6 Å². The summed E-state index contributed by atoms with van der Waals surface area (Å²) in [4.78, 5) is 33.1. The molecule has 6 nitrogen and oxygen atoms in total. The number of thiophene rings is 1. The van der Waals surface area contributed by atoms with Gasteiger partial charge in [-0.05, 0) is 56.7 Å². The van der Waals surface area contributed by atoms with Gasteiger partial charge in [-0.2, -0.15) is 5.26 Å². The molecule has 0 aliphatic heterocycles. The minimum Gasteiger partial charge on any atom is -0.337 e. The number of nitrogens with one attached hydrogen (secondary N) is 1. The van der Waals surface area contributed by atoms with Crippen LogP contribution >= 0.6 is 23.1 Å². The van der Waals surface area contributed by atoms with Crippen LogP contribution in [0.25, 0.3) is 15.9 Å². The molecule has 1 unspecified atom stereocenters. The van der Waals surface area contributed by atoms with E-state index in [0.717, 1.165) is 40.9 Å². The molecule has 2 heterocycles. The summed E-state index contributed by atoms with van der Waals surface area (Å²) in [5, 5.41) is 13.5. The largest absolute Gasteiger partial charge is 0.337 e. The molecule has 0 saturated heterocycles. The Morgan fingerprint density at radius 1 is 1.34 bits per heavy atom. The Labute approximate surface area is 195 Å². The molecule has 0 fully saturated rings. The highest BCUT2D eigenvalue weighted by Gasteiger charge is 2.30. The molecule has 8 heteroatoms. The molecular weight excluding hydrogens is 440 g/mol. The molecule has 1 aromatic carbocycles. The highest BCUT2D eigenvalue weighted by atomic mass is 32.2. The fraction of sp³-hybridized carbons (Fsp3) is 0.417. The number of nitriles is 1. The third-order valence-electron chi connectivity index (χ3n) is 6.12. The van der Waals surface area contributed by atoms with Crippen molar-refractivity contribution < 1.29 is 4.79 Å². The lowest BCUT2D eigenvalue weighted by Crippen LogP contribution is -2.49. The van der Waals surface area contributed by atoms with Gasteiger partial charge in [0.25, 0.3) is 5.56 Å². The molecule has 3 aromatic rings. The smallest absolute Gasteiger partial charge is 0.267 e. The fourth-order valence-electron chi connectivity index (χ4n) is 3.80. The molecule has 166 valence electrons. The summed E-state index contributed by atoms with van der Waals surface area (Å²) in [6, 6.07) is 9.94. The summed E-state index contributed by atoms with van der Waals surface area (Å²) >= 11 is 2.82. The molecule has 1 amide bonds. The minimum absolute atomic E-state index is 0.0323. The van der Waals surface area contributed by atoms with E-state index in [1.54, 1.807) is 22.8 Å². The molecule has 1 aliphatic carbocycles. The van der Waals surface area contributed by atoms with Crippen LogP contribution in [0, 0.1) is 24.2 Å². The zero-order valence-electron chi connectivity index (χ0n) is 18.7. The maximum absolute atomic E-state index is 13.6. The number of amides is 1. The zero-order chi connectivity index (χ0) is 23.0. The van der Waals surface area contributed by atoms with Crippen LogP contribution in [0.15, 0.2) is 34.2 Å². The van der Waals surface area contributed by atoms with Gasteiger partial charge < -0.3 is 5.32 Å². The quantitative estimate of drug-likeness (QED) is 0.430. The lowest BCUT2D eigenvalue weighted by molar-refractivity contribution is -0.120. The van der Waals surface area contributed by atoms with Gasteiger partial charge in [0.2, 0.25) is 5.91 Å². The van der Waals surface area contributed by atoms with E-state index in [1.165, 1.54) is 16.6 Å². The number of thioether (sulfide) groups is 1. The third kappa shape index (κ3) is 4.07. The van der Waals surface area contributed by atoms with Gasteiger partial charge >= 0.3 is 0 Å². The van der Waals surface area contributed by atoms with Crippen molar-refractivity contribution in [1.29, 1.82) is 5.26 Å². The van der Waals surface area contributed by atoms with Gasteiger partial charge in [-0.25, -0.2) is 4.98 Å². The van der Waals surface area contributed by atoms with Crippen LogP contribution in [-0.2, 0) is 17.6 Å². The highest BCUT2D eigenvalue weighted by molar-refractivity contribution is 7.99. The number of benzene rings is 1. The lowest BCUT2D eigenvalue weighted by atomic mass is 9.90. The third-order valence-corrected chi connectivity index (χ3v) is 8.24. The minimum atomic E-state index is -0.944. The van der Waals surface area contributed by atoms with Crippen LogP contribution in [0.4, 0.5) is 0 Å². The van der Waals surface area contributed by atoms with Gasteiger partial charge in [0.05, 0.1) is 22.9 Å². The molecule has 1 atom stereocenters. The van der Waals surface area contributed by atoms with E-state index in [4.69, 9.17) is 4.98 Å². The normalized spacial score (nSPS) is 14.9. The number of aromatic nitrogens is 2. The molecule has 0 spiro atoms. The zero-order valence-corrected chi connectivity index (χ0v) is 20.3. The number of aryl methyl sites for hydroxylation is 3. The van der Waals surface area contributed by atoms with Gasteiger partial charge in [-0.1, -0.05) is 43.3 Å². The summed E-state index contributed by atoms with van der Waals surface area (Å²) in [5.41, 5.74) is 1.95. The molecule has 1 N–H and O–H groups in total. The van der Waals surface area contributed by atoms with Gasteiger partial charge in [0, 0.05) is 4.88 Å². The SMILES string of the molecule is Cc1ccc(-n2c(SCC(=O)NC(C)(C#N)C(C)C)nc3sc4c(c3c2=O)CCC4)cc1. The van der Waals surface area contributed by atoms with E-state index in [0.29, 0.717) is 10.5 Å².